The number of nitrogens with zero attached hydrogens (tertiary/aromatic N) is 1. The van der Waals surface area contributed by atoms with Crippen molar-refractivity contribution in [1.29, 1.82) is 0 Å². The fraction of sp³-hybridized carbons (Fsp3) is 0.235. The third-order valence-corrected chi connectivity index (χ3v) is 3.89. The van der Waals surface area contributed by atoms with E-state index in [1.807, 2.05) is 31.3 Å². The fourth-order valence-corrected chi connectivity index (χ4v) is 2.58. The Bertz CT molecular complexity index is 613. The summed E-state index contributed by atoms with van der Waals surface area (Å²) >= 11 is 3.35. The highest BCUT2D eigenvalue weighted by Crippen LogP contribution is 2.19. The van der Waals surface area contributed by atoms with Crippen molar-refractivity contribution in [3.05, 3.63) is 64.1 Å². The van der Waals surface area contributed by atoms with Crippen molar-refractivity contribution in [3.63, 3.8) is 0 Å². The van der Waals surface area contributed by atoms with Gasteiger partial charge < -0.3 is 10.6 Å². The number of halogens is 1. The van der Waals surface area contributed by atoms with E-state index in [1.165, 1.54) is 5.56 Å². The number of anilines is 1. The predicted octanol–water partition coefficient (Wildman–Crippen LogP) is 3.74. The Kier molecular flexibility index (Phi) is 5.39. The van der Waals surface area contributed by atoms with Gasteiger partial charge in [0, 0.05) is 23.8 Å². The first-order chi connectivity index (χ1) is 10.1. The summed E-state index contributed by atoms with van der Waals surface area (Å²) < 4.78 is 0.878. The molecule has 0 fully saturated rings. The first-order valence-electron chi connectivity index (χ1n) is 6.92. The smallest absolute Gasteiger partial charge is 0.255 e. The lowest BCUT2D eigenvalue weighted by Gasteiger charge is -2.18. The van der Waals surface area contributed by atoms with E-state index >= 15 is 0 Å². The van der Waals surface area contributed by atoms with Gasteiger partial charge >= 0.3 is 0 Å². The van der Waals surface area contributed by atoms with Crippen LogP contribution in [0.1, 0.15) is 22.3 Å². The zero-order valence-electron chi connectivity index (χ0n) is 12.1. The molecule has 0 radical (unpaired) electrons. The molecule has 2 aromatic carbocycles. The Balaban J connectivity index is 1.90. The summed E-state index contributed by atoms with van der Waals surface area (Å²) in [5.41, 5.74) is 8.26. The largest absolute Gasteiger partial charge is 0.398 e. The number of nitrogen functional groups attached to an aromatic ring is 1. The number of aryl methyl sites for hydroxylation is 1. The summed E-state index contributed by atoms with van der Waals surface area (Å²) in [4.78, 5) is 14.1. The Hall–Kier alpha value is -1.81. The van der Waals surface area contributed by atoms with Gasteiger partial charge in [0.15, 0.2) is 0 Å². The monoisotopic (exact) mass is 346 g/mol. The maximum absolute atomic E-state index is 12.3. The van der Waals surface area contributed by atoms with Gasteiger partial charge in [-0.2, -0.15) is 0 Å². The van der Waals surface area contributed by atoms with Crippen molar-refractivity contribution in [1.82, 2.24) is 4.90 Å². The van der Waals surface area contributed by atoms with E-state index in [4.69, 9.17) is 5.73 Å². The van der Waals surface area contributed by atoms with Gasteiger partial charge in [0.2, 0.25) is 0 Å². The van der Waals surface area contributed by atoms with Crippen molar-refractivity contribution in [2.24, 2.45) is 0 Å². The maximum Gasteiger partial charge on any atom is 0.255 e. The average Bonchev–Trinajstić information content (AvgIpc) is 2.47. The topological polar surface area (TPSA) is 46.3 Å². The van der Waals surface area contributed by atoms with Crippen LogP contribution in [0.25, 0.3) is 0 Å². The van der Waals surface area contributed by atoms with Crippen molar-refractivity contribution >= 4 is 27.5 Å². The molecule has 0 aliphatic heterocycles. The molecule has 110 valence electrons. The van der Waals surface area contributed by atoms with Gasteiger partial charge in [-0.15, -0.1) is 0 Å². The Morgan fingerprint density at radius 3 is 2.57 bits per heavy atom. The number of benzene rings is 2. The summed E-state index contributed by atoms with van der Waals surface area (Å²) in [5, 5.41) is 0. The van der Waals surface area contributed by atoms with Gasteiger partial charge in [-0.05, 0) is 36.6 Å². The van der Waals surface area contributed by atoms with Crippen LogP contribution in [-0.4, -0.2) is 24.4 Å². The van der Waals surface area contributed by atoms with Crippen LogP contribution in [0.15, 0.2) is 53.0 Å². The van der Waals surface area contributed by atoms with Crippen LogP contribution in [0.5, 0.6) is 0 Å². The number of hydrogen-bond acceptors (Lipinski definition) is 2. The molecule has 2 aromatic rings. The molecule has 0 saturated carbocycles. The van der Waals surface area contributed by atoms with Crippen molar-refractivity contribution in [2.75, 3.05) is 19.3 Å². The summed E-state index contributed by atoms with van der Waals surface area (Å²) in [6.45, 7) is 0.712. The highest BCUT2D eigenvalue weighted by molar-refractivity contribution is 9.10. The van der Waals surface area contributed by atoms with E-state index in [0.717, 1.165) is 17.3 Å². The van der Waals surface area contributed by atoms with Gasteiger partial charge in [0.1, 0.15) is 0 Å². The SMILES string of the molecule is CN(CCCc1ccccc1)C(=O)c1ccc(Br)cc1N. The number of rotatable bonds is 5. The predicted molar refractivity (Wildman–Crippen MR) is 90.3 cm³/mol. The minimum Gasteiger partial charge on any atom is -0.398 e. The van der Waals surface area contributed by atoms with E-state index in [1.54, 1.807) is 17.0 Å². The Labute approximate surface area is 133 Å². The van der Waals surface area contributed by atoms with Crippen molar-refractivity contribution in [3.8, 4) is 0 Å². The molecule has 0 unspecified atom stereocenters. The van der Waals surface area contributed by atoms with Gasteiger partial charge in [-0.3, -0.25) is 4.79 Å². The molecule has 3 nitrogen and oxygen atoms in total. The molecule has 0 saturated heterocycles. The van der Waals surface area contributed by atoms with Crippen LogP contribution in [0.4, 0.5) is 5.69 Å². The van der Waals surface area contributed by atoms with Crippen LogP contribution in [-0.2, 0) is 6.42 Å². The molecular weight excluding hydrogens is 328 g/mol. The first kappa shape index (κ1) is 15.6. The number of amides is 1. The average molecular weight is 347 g/mol. The molecule has 0 heterocycles. The highest BCUT2D eigenvalue weighted by atomic mass is 79.9. The summed E-state index contributed by atoms with van der Waals surface area (Å²) in [7, 11) is 1.81. The minimum atomic E-state index is -0.0342. The first-order valence-corrected chi connectivity index (χ1v) is 7.71. The quantitative estimate of drug-likeness (QED) is 0.838. The lowest BCUT2D eigenvalue weighted by atomic mass is 10.1. The lowest BCUT2D eigenvalue weighted by molar-refractivity contribution is 0.0794. The third-order valence-electron chi connectivity index (χ3n) is 3.39. The van der Waals surface area contributed by atoms with Crippen LogP contribution >= 0.6 is 15.9 Å². The number of nitrogens with two attached hydrogens (primary N) is 1. The molecule has 2 N–H and O–H groups in total. The van der Waals surface area contributed by atoms with E-state index in [9.17, 15) is 4.79 Å². The standard InChI is InChI=1S/C17H19BrN2O/c1-20(11-5-8-13-6-3-2-4-7-13)17(21)15-10-9-14(18)12-16(15)19/h2-4,6-7,9-10,12H,5,8,11,19H2,1H3. The van der Waals surface area contributed by atoms with Crippen LogP contribution in [0.3, 0.4) is 0 Å². The normalized spacial score (nSPS) is 10.4. The second-order valence-corrected chi connectivity index (χ2v) is 5.96. The van der Waals surface area contributed by atoms with E-state index in [0.29, 0.717) is 17.8 Å². The number of hydrogen-bond donors (Lipinski definition) is 1. The Morgan fingerprint density at radius 1 is 1.19 bits per heavy atom. The molecular formula is C17H19BrN2O. The summed E-state index contributed by atoms with van der Waals surface area (Å²) in [6, 6.07) is 15.6. The molecule has 21 heavy (non-hydrogen) atoms. The van der Waals surface area contributed by atoms with E-state index < -0.39 is 0 Å². The molecule has 0 atom stereocenters. The molecule has 0 aromatic heterocycles. The Morgan fingerprint density at radius 2 is 1.90 bits per heavy atom. The van der Waals surface area contributed by atoms with Gasteiger partial charge in [0.05, 0.1) is 5.56 Å². The number of carbonyl (C=O) groups excluding carboxylic acids is 1. The lowest BCUT2D eigenvalue weighted by Crippen LogP contribution is -2.28. The third kappa shape index (κ3) is 4.33. The molecule has 0 spiro atoms. The van der Waals surface area contributed by atoms with Gasteiger partial charge in [-0.25, -0.2) is 0 Å². The van der Waals surface area contributed by atoms with Gasteiger partial charge in [0.25, 0.3) is 5.91 Å². The molecule has 1 amide bonds. The van der Waals surface area contributed by atoms with E-state index in [2.05, 4.69) is 28.1 Å². The molecule has 0 aliphatic carbocycles. The summed E-state index contributed by atoms with van der Waals surface area (Å²) in [5.74, 6) is -0.0342. The summed E-state index contributed by atoms with van der Waals surface area (Å²) in [6.07, 6.45) is 1.90. The van der Waals surface area contributed by atoms with Crippen LogP contribution in [0.2, 0.25) is 0 Å². The van der Waals surface area contributed by atoms with Crippen LogP contribution in [0, 0.1) is 0 Å². The number of carbonyl (C=O) groups is 1. The van der Waals surface area contributed by atoms with Gasteiger partial charge in [-0.1, -0.05) is 46.3 Å². The van der Waals surface area contributed by atoms with E-state index in [-0.39, 0.29) is 5.91 Å². The second kappa shape index (κ2) is 7.27. The molecule has 2 rings (SSSR count). The molecule has 0 aliphatic rings. The van der Waals surface area contributed by atoms with Crippen molar-refractivity contribution in [2.45, 2.75) is 12.8 Å². The van der Waals surface area contributed by atoms with Crippen LogP contribution < -0.4 is 5.73 Å². The molecule has 0 bridgehead atoms. The zero-order chi connectivity index (χ0) is 15.2. The second-order valence-electron chi connectivity index (χ2n) is 5.05. The minimum absolute atomic E-state index is 0.0342. The maximum atomic E-state index is 12.3. The van der Waals surface area contributed by atoms with Crippen molar-refractivity contribution < 1.29 is 4.79 Å². The molecule has 4 heteroatoms. The zero-order valence-corrected chi connectivity index (χ0v) is 13.6. The highest BCUT2D eigenvalue weighted by Gasteiger charge is 2.14. The fourth-order valence-electron chi connectivity index (χ4n) is 2.20.